The van der Waals surface area contributed by atoms with Crippen LogP contribution in [-0.2, 0) is 4.79 Å². The first-order chi connectivity index (χ1) is 9.15. The van der Waals surface area contributed by atoms with E-state index in [0.717, 1.165) is 30.7 Å². The van der Waals surface area contributed by atoms with E-state index in [4.69, 9.17) is 11.6 Å². The summed E-state index contributed by atoms with van der Waals surface area (Å²) >= 11 is 6.22. The monoisotopic (exact) mass is 278 g/mol. The molecule has 0 aliphatic carbocycles. The van der Waals surface area contributed by atoms with Crippen LogP contribution in [0.15, 0.2) is 12.3 Å². The second-order valence-electron chi connectivity index (χ2n) is 5.07. The summed E-state index contributed by atoms with van der Waals surface area (Å²) in [5.74, 6) is 1.51. The van der Waals surface area contributed by atoms with Crippen LogP contribution in [0.2, 0.25) is 5.02 Å². The standard InChI is InChI=1S/C13H15ClN4O/c1-8(19)6-9-3-5-18(7-9)13-11-10(14)2-4-15-12(11)16-17-13/h2,4,9H,3,5-7H2,1H3,(H,15,16,17)/t9-/m0/s1. The molecule has 0 aromatic carbocycles. The summed E-state index contributed by atoms with van der Waals surface area (Å²) in [7, 11) is 0. The molecule has 1 atom stereocenters. The number of aromatic amines is 1. The summed E-state index contributed by atoms with van der Waals surface area (Å²) < 4.78 is 0. The van der Waals surface area contributed by atoms with E-state index < -0.39 is 0 Å². The molecule has 1 N–H and O–H groups in total. The van der Waals surface area contributed by atoms with Crippen LogP contribution in [0.25, 0.3) is 11.0 Å². The molecule has 5 nitrogen and oxygen atoms in total. The van der Waals surface area contributed by atoms with Gasteiger partial charge in [0, 0.05) is 25.7 Å². The van der Waals surface area contributed by atoms with Gasteiger partial charge in [0.1, 0.15) is 5.78 Å². The highest BCUT2D eigenvalue weighted by Gasteiger charge is 2.27. The van der Waals surface area contributed by atoms with Gasteiger partial charge >= 0.3 is 0 Å². The van der Waals surface area contributed by atoms with E-state index in [-0.39, 0.29) is 5.78 Å². The summed E-state index contributed by atoms with van der Waals surface area (Å²) in [6.07, 6.45) is 3.33. The Morgan fingerprint density at radius 1 is 1.63 bits per heavy atom. The molecule has 0 amide bonds. The molecule has 100 valence electrons. The minimum atomic E-state index is 0.249. The predicted octanol–water partition coefficient (Wildman–Crippen LogP) is 2.42. The highest BCUT2D eigenvalue weighted by atomic mass is 35.5. The van der Waals surface area contributed by atoms with E-state index in [1.165, 1.54) is 0 Å². The van der Waals surface area contributed by atoms with Crippen LogP contribution in [0.4, 0.5) is 5.82 Å². The number of Topliss-reactive ketones (excluding diaryl/α,β-unsaturated/α-hetero) is 1. The Morgan fingerprint density at radius 3 is 3.26 bits per heavy atom. The van der Waals surface area contributed by atoms with Gasteiger partial charge in [-0.2, -0.15) is 5.10 Å². The van der Waals surface area contributed by atoms with E-state index >= 15 is 0 Å². The quantitative estimate of drug-likeness (QED) is 0.937. The molecule has 19 heavy (non-hydrogen) atoms. The van der Waals surface area contributed by atoms with Gasteiger partial charge in [-0.05, 0) is 25.3 Å². The molecule has 2 aromatic heterocycles. The fourth-order valence-electron chi connectivity index (χ4n) is 2.72. The zero-order valence-electron chi connectivity index (χ0n) is 10.7. The molecule has 3 rings (SSSR count). The van der Waals surface area contributed by atoms with E-state index in [1.807, 2.05) is 0 Å². The summed E-state index contributed by atoms with van der Waals surface area (Å²) in [5, 5.41) is 8.75. The third kappa shape index (κ3) is 2.30. The second kappa shape index (κ2) is 4.81. The highest BCUT2D eigenvalue weighted by molar-refractivity contribution is 6.36. The molecule has 0 radical (unpaired) electrons. The lowest BCUT2D eigenvalue weighted by atomic mass is 10.0. The molecule has 1 fully saturated rings. The number of ketones is 1. The number of nitrogens with zero attached hydrogens (tertiary/aromatic N) is 3. The Bertz CT molecular complexity index is 624. The van der Waals surface area contributed by atoms with Gasteiger partial charge in [-0.3, -0.25) is 5.10 Å². The first kappa shape index (κ1) is 12.4. The van der Waals surface area contributed by atoms with Gasteiger partial charge in [0.05, 0.1) is 10.4 Å². The smallest absolute Gasteiger partial charge is 0.161 e. The average Bonchev–Trinajstić information content (AvgIpc) is 2.95. The molecule has 0 spiro atoms. The first-order valence-corrected chi connectivity index (χ1v) is 6.76. The summed E-state index contributed by atoms with van der Waals surface area (Å²) in [5.41, 5.74) is 0.706. The number of fused-ring (bicyclic) bond motifs is 1. The fraction of sp³-hybridized carbons (Fsp3) is 0.462. The van der Waals surface area contributed by atoms with Crippen molar-refractivity contribution in [3.63, 3.8) is 0 Å². The lowest BCUT2D eigenvalue weighted by molar-refractivity contribution is -0.117. The molecule has 0 bridgehead atoms. The van der Waals surface area contributed by atoms with Crippen molar-refractivity contribution in [1.29, 1.82) is 0 Å². The Hall–Kier alpha value is -1.62. The fourth-order valence-corrected chi connectivity index (χ4v) is 2.95. The number of aromatic nitrogens is 3. The number of halogens is 1. The van der Waals surface area contributed by atoms with Crippen LogP contribution in [0.5, 0.6) is 0 Å². The van der Waals surface area contributed by atoms with E-state index in [0.29, 0.717) is 23.0 Å². The number of pyridine rings is 1. The van der Waals surface area contributed by atoms with Gasteiger partial charge in [-0.1, -0.05) is 11.6 Å². The van der Waals surface area contributed by atoms with Crippen LogP contribution in [-0.4, -0.2) is 34.1 Å². The normalized spacial score (nSPS) is 19.3. The summed E-state index contributed by atoms with van der Waals surface area (Å²) in [6, 6.07) is 1.77. The third-order valence-electron chi connectivity index (χ3n) is 3.55. The molecule has 3 heterocycles. The predicted molar refractivity (Wildman–Crippen MR) is 74.5 cm³/mol. The topological polar surface area (TPSA) is 61.9 Å². The number of anilines is 1. The van der Waals surface area contributed by atoms with Gasteiger partial charge in [0.25, 0.3) is 0 Å². The lowest BCUT2D eigenvalue weighted by Crippen LogP contribution is -2.20. The number of carbonyl (C=O) groups is 1. The third-order valence-corrected chi connectivity index (χ3v) is 3.87. The first-order valence-electron chi connectivity index (χ1n) is 6.38. The van der Waals surface area contributed by atoms with Gasteiger partial charge < -0.3 is 9.69 Å². The zero-order valence-corrected chi connectivity index (χ0v) is 11.4. The largest absolute Gasteiger partial charge is 0.354 e. The number of nitrogens with one attached hydrogen (secondary N) is 1. The number of hydrogen-bond acceptors (Lipinski definition) is 4. The maximum Gasteiger partial charge on any atom is 0.161 e. The van der Waals surface area contributed by atoms with Crippen LogP contribution < -0.4 is 4.90 Å². The Morgan fingerprint density at radius 2 is 2.47 bits per heavy atom. The molecule has 6 heteroatoms. The SMILES string of the molecule is CC(=O)C[C@@H]1CCN(c2n[nH]c3nccc(Cl)c23)C1. The van der Waals surface area contributed by atoms with Crippen molar-refractivity contribution in [2.45, 2.75) is 19.8 Å². The van der Waals surface area contributed by atoms with E-state index in [9.17, 15) is 4.79 Å². The Labute approximate surface area is 116 Å². The minimum absolute atomic E-state index is 0.249. The Kier molecular flexibility index (Phi) is 3.14. The molecule has 0 unspecified atom stereocenters. The molecule has 1 saturated heterocycles. The van der Waals surface area contributed by atoms with Crippen molar-refractivity contribution in [2.75, 3.05) is 18.0 Å². The molecule has 1 aliphatic rings. The zero-order chi connectivity index (χ0) is 13.4. The summed E-state index contributed by atoms with van der Waals surface area (Å²) in [6.45, 7) is 3.40. The number of H-pyrrole nitrogens is 1. The van der Waals surface area contributed by atoms with Gasteiger partial charge in [0.15, 0.2) is 11.5 Å². The van der Waals surface area contributed by atoms with Crippen LogP contribution >= 0.6 is 11.6 Å². The molecule has 2 aromatic rings. The minimum Gasteiger partial charge on any atom is -0.354 e. The maximum atomic E-state index is 11.2. The van der Waals surface area contributed by atoms with Crippen molar-refractivity contribution < 1.29 is 4.79 Å². The van der Waals surface area contributed by atoms with Crippen molar-refractivity contribution >= 4 is 34.2 Å². The van der Waals surface area contributed by atoms with Crippen molar-refractivity contribution in [3.05, 3.63) is 17.3 Å². The van der Waals surface area contributed by atoms with Gasteiger partial charge in [0.2, 0.25) is 0 Å². The number of hydrogen-bond donors (Lipinski definition) is 1. The van der Waals surface area contributed by atoms with Crippen molar-refractivity contribution in [3.8, 4) is 0 Å². The number of carbonyl (C=O) groups excluding carboxylic acids is 1. The van der Waals surface area contributed by atoms with Gasteiger partial charge in [-0.25, -0.2) is 4.98 Å². The average molecular weight is 279 g/mol. The van der Waals surface area contributed by atoms with E-state index in [2.05, 4.69) is 20.1 Å². The van der Waals surface area contributed by atoms with Crippen molar-refractivity contribution in [1.82, 2.24) is 15.2 Å². The highest BCUT2D eigenvalue weighted by Crippen LogP contribution is 2.33. The van der Waals surface area contributed by atoms with Crippen LogP contribution in [0.3, 0.4) is 0 Å². The Balaban J connectivity index is 1.88. The van der Waals surface area contributed by atoms with E-state index in [1.54, 1.807) is 19.2 Å². The summed E-state index contributed by atoms with van der Waals surface area (Å²) in [4.78, 5) is 17.6. The van der Waals surface area contributed by atoms with Gasteiger partial charge in [-0.15, -0.1) is 0 Å². The maximum absolute atomic E-state index is 11.2. The molecular weight excluding hydrogens is 264 g/mol. The molecular formula is C13H15ClN4O. The molecule has 0 saturated carbocycles. The second-order valence-corrected chi connectivity index (χ2v) is 5.48. The van der Waals surface area contributed by atoms with Crippen LogP contribution in [0, 0.1) is 5.92 Å². The molecule has 1 aliphatic heterocycles. The van der Waals surface area contributed by atoms with Crippen molar-refractivity contribution in [2.24, 2.45) is 5.92 Å². The lowest BCUT2D eigenvalue weighted by Gasteiger charge is -2.15. The van der Waals surface area contributed by atoms with Crippen LogP contribution in [0.1, 0.15) is 19.8 Å². The number of rotatable bonds is 3.